The molecule has 0 bridgehead atoms. The largest absolute Gasteiger partial charge is 0.288 e. The summed E-state index contributed by atoms with van der Waals surface area (Å²) in [4.78, 5) is 29.3. The highest BCUT2D eigenvalue weighted by atomic mass is 35.5. The van der Waals surface area contributed by atoms with Crippen LogP contribution in [0.1, 0.15) is 12.5 Å². The van der Waals surface area contributed by atoms with Crippen LogP contribution >= 0.6 is 23.4 Å². The molecule has 0 radical (unpaired) electrons. The molecule has 27 heavy (non-hydrogen) atoms. The van der Waals surface area contributed by atoms with E-state index in [1.54, 1.807) is 12.1 Å². The number of amidine groups is 1. The second-order valence-electron chi connectivity index (χ2n) is 5.50. The molecule has 0 spiro atoms. The van der Waals surface area contributed by atoms with E-state index in [0.717, 1.165) is 11.8 Å². The number of thioether (sulfide) groups is 1. The van der Waals surface area contributed by atoms with Gasteiger partial charge in [0.15, 0.2) is 5.17 Å². The summed E-state index contributed by atoms with van der Waals surface area (Å²) in [7, 11) is 0. The molecule has 0 unspecified atom stereocenters. The first-order chi connectivity index (χ1) is 12.9. The minimum absolute atomic E-state index is 0.0290. The molecular weight excluding hydrogens is 393 g/mol. The Morgan fingerprint density at radius 1 is 1.30 bits per heavy atom. The number of nitrogens with zero attached hydrogens (tertiary/aromatic N) is 3. The number of halogens is 2. The number of aliphatic imine (C=N–C) groups is 1. The smallest absolute Gasteiger partial charge is 0.287 e. The first-order valence-electron chi connectivity index (χ1n) is 7.88. The summed E-state index contributed by atoms with van der Waals surface area (Å²) in [5.41, 5.74) is 0.781. The van der Waals surface area contributed by atoms with Crippen LogP contribution in [0.5, 0.6) is 0 Å². The lowest BCUT2D eigenvalue weighted by Crippen LogP contribution is -2.28. The van der Waals surface area contributed by atoms with Crippen LogP contribution in [0.4, 0.5) is 15.8 Å². The van der Waals surface area contributed by atoms with Crippen molar-refractivity contribution in [2.24, 2.45) is 4.99 Å². The average Bonchev–Trinajstić information content (AvgIpc) is 2.93. The minimum Gasteiger partial charge on any atom is -0.287 e. The molecule has 1 aliphatic rings. The number of nitro benzene ring substituents is 1. The maximum absolute atomic E-state index is 13.0. The van der Waals surface area contributed by atoms with Crippen molar-refractivity contribution in [2.45, 2.75) is 6.92 Å². The molecule has 9 heteroatoms. The standard InChI is InChI=1S/C18H13ClFN3O3S/c1-2-22-17(24)16(10-11-3-8-14(19)15(9-11)23(25)26)27-18(22)21-13-6-4-12(20)5-7-13/h3-10H,2H2,1H3/b16-10+,21-18?. The summed E-state index contributed by atoms with van der Waals surface area (Å²) < 4.78 is 13.0. The van der Waals surface area contributed by atoms with E-state index in [0.29, 0.717) is 27.9 Å². The van der Waals surface area contributed by atoms with Crippen molar-refractivity contribution in [3.8, 4) is 0 Å². The third-order valence-corrected chi connectivity index (χ3v) is 5.05. The van der Waals surface area contributed by atoms with Gasteiger partial charge in [-0.15, -0.1) is 0 Å². The van der Waals surface area contributed by atoms with Crippen molar-refractivity contribution in [2.75, 3.05) is 6.54 Å². The monoisotopic (exact) mass is 405 g/mol. The van der Waals surface area contributed by atoms with E-state index in [2.05, 4.69) is 4.99 Å². The normalized spacial score (nSPS) is 17.1. The zero-order chi connectivity index (χ0) is 19.6. The summed E-state index contributed by atoms with van der Waals surface area (Å²) in [6.07, 6.45) is 1.56. The number of benzene rings is 2. The molecule has 1 amide bonds. The van der Waals surface area contributed by atoms with E-state index in [-0.39, 0.29) is 22.4 Å². The number of hydrogen-bond donors (Lipinski definition) is 0. The molecule has 0 aliphatic carbocycles. The van der Waals surface area contributed by atoms with Gasteiger partial charge in [0.1, 0.15) is 10.8 Å². The third kappa shape index (κ3) is 4.17. The molecule has 6 nitrogen and oxygen atoms in total. The third-order valence-electron chi connectivity index (χ3n) is 3.72. The van der Waals surface area contributed by atoms with Gasteiger partial charge in [-0.1, -0.05) is 17.7 Å². The molecule has 0 aromatic heterocycles. The number of likely N-dealkylation sites (N-methyl/N-ethyl adjacent to an activating group) is 1. The fraction of sp³-hybridized carbons (Fsp3) is 0.111. The topological polar surface area (TPSA) is 75.8 Å². The van der Waals surface area contributed by atoms with Gasteiger partial charge >= 0.3 is 0 Å². The van der Waals surface area contributed by atoms with Gasteiger partial charge in [0.25, 0.3) is 11.6 Å². The summed E-state index contributed by atoms with van der Waals surface area (Å²) in [5.74, 6) is -0.618. The first-order valence-corrected chi connectivity index (χ1v) is 9.08. The molecular formula is C18H13ClFN3O3S. The van der Waals surface area contributed by atoms with Gasteiger partial charge in [0.2, 0.25) is 0 Å². The molecule has 1 heterocycles. The van der Waals surface area contributed by atoms with Crippen LogP contribution in [0.15, 0.2) is 52.4 Å². The lowest BCUT2D eigenvalue weighted by atomic mass is 10.2. The lowest BCUT2D eigenvalue weighted by Gasteiger charge is -2.11. The molecule has 1 saturated heterocycles. The summed E-state index contributed by atoms with van der Waals surface area (Å²) in [5, 5.41) is 11.5. The van der Waals surface area contributed by atoms with Gasteiger partial charge in [-0.25, -0.2) is 9.38 Å². The van der Waals surface area contributed by atoms with Crippen LogP contribution in [0.2, 0.25) is 5.02 Å². The quantitative estimate of drug-likeness (QED) is 0.407. The van der Waals surface area contributed by atoms with E-state index in [9.17, 15) is 19.3 Å². The van der Waals surface area contributed by atoms with Gasteiger partial charge in [-0.2, -0.15) is 0 Å². The number of hydrogen-bond acceptors (Lipinski definition) is 5. The Balaban J connectivity index is 1.94. The highest BCUT2D eigenvalue weighted by molar-refractivity contribution is 8.18. The van der Waals surface area contributed by atoms with Crippen LogP contribution in [0.25, 0.3) is 6.08 Å². The fourth-order valence-electron chi connectivity index (χ4n) is 2.41. The van der Waals surface area contributed by atoms with Gasteiger partial charge in [0.05, 0.1) is 15.5 Å². The Kier molecular flexibility index (Phi) is 5.57. The zero-order valence-electron chi connectivity index (χ0n) is 14.1. The molecule has 2 aromatic carbocycles. The van der Waals surface area contributed by atoms with E-state index in [4.69, 9.17) is 11.6 Å². The molecule has 2 aromatic rings. The Labute approximate surface area is 163 Å². The van der Waals surface area contributed by atoms with E-state index < -0.39 is 4.92 Å². The number of nitro groups is 1. The number of carbonyl (C=O) groups is 1. The number of amides is 1. The van der Waals surface area contributed by atoms with Crippen molar-refractivity contribution < 1.29 is 14.1 Å². The highest BCUT2D eigenvalue weighted by Gasteiger charge is 2.32. The van der Waals surface area contributed by atoms with Gasteiger partial charge in [-0.3, -0.25) is 19.8 Å². The molecule has 138 valence electrons. The fourth-order valence-corrected chi connectivity index (χ4v) is 3.66. The lowest BCUT2D eigenvalue weighted by molar-refractivity contribution is -0.384. The van der Waals surface area contributed by atoms with Gasteiger partial charge in [-0.05, 0) is 60.7 Å². The van der Waals surface area contributed by atoms with Crippen LogP contribution in [0.3, 0.4) is 0 Å². The van der Waals surface area contributed by atoms with Gasteiger partial charge in [0, 0.05) is 12.6 Å². The van der Waals surface area contributed by atoms with Crippen molar-refractivity contribution in [1.29, 1.82) is 0 Å². The first kappa shape index (κ1) is 19.1. The van der Waals surface area contributed by atoms with Crippen LogP contribution in [-0.4, -0.2) is 27.4 Å². The zero-order valence-corrected chi connectivity index (χ0v) is 15.6. The predicted molar refractivity (Wildman–Crippen MR) is 105 cm³/mol. The Bertz CT molecular complexity index is 976. The van der Waals surface area contributed by atoms with E-state index >= 15 is 0 Å². The highest BCUT2D eigenvalue weighted by Crippen LogP contribution is 2.35. The molecule has 0 N–H and O–H groups in total. The Morgan fingerprint density at radius 2 is 2.00 bits per heavy atom. The summed E-state index contributed by atoms with van der Waals surface area (Å²) in [6, 6.07) is 9.95. The predicted octanol–water partition coefficient (Wildman–Crippen LogP) is 5.01. The molecule has 1 fully saturated rings. The summed E-state index contributed by atoms with van der Waals surface area (Å²) >= 11 is 6.97. The number of rotatable bonds is 4. The van der Waals surface area contributed by atoms with Crippen LogP contribution in [-0.2, 0) is 4.79 Å². The van der Waals surface area contributed by atoms with Crippen molar-refractivity contribution in [3.63, 3.8) is 0 Å². The average molecular weight is 406 g/mol. The van der Waals surface area contributed by atoms with Gasteiger partial charge < -0.3 is 0 Å². The van der Waals surface area contributed by atoms with Crippen molar-refractivity contribution in [1.82, 2.24) is 4.90 Å². The molecule has 1 aliphatic heterocycles. The second kappa shape index (κ2) is 7.89. The molecule has 0 saturated carbocycles. The maximum atomic E-state index is 13.0. The van der Waals surface area contributed by atoms with E-state index in [1.165, 1.54) is 41.3 Å². The van der Waals surface area contributed by atoms with Crippen LogP contribution < -0.4 is 0 Å². The Morgan fingerprint density at radius 3 is 2.63 bits per heavy atom. The second-order valence-corrected chi connectivity index (χ2v) is 6.92. The van der Waals surface area contributed by atoms with Crippen molar-refractivity contribution >= 4 is 51.9 Å². The maximum Gasteiger partial charge on any atom is 0.288 e. The molecule has 3 rings (SSSR count). The Hall–Kier alpha value is -2.71. The minimum atomic E-state index is -0.576. The number of carbonyl (C=O) groups excluding carboxylic acids is 1. The van der Waals surface area contributed by atoms with E-state index in [1.807, 2.05) is 6.92 Å². The molecule has 0 atom stereocenters. The van der Waals surface area contributed by atoms with Crippen LogP contribution in [0, 0.1) is 15.9 Å². The SMILES string of the molecule is CCN1C(=O)/C(=C\c2ccc(Cl)c([N+](=O)[O-])c2)SC1=Nc1ccc(F)cc1. The van der Waals surface area contributed by atoms with Crippen molar-refractivity contribution in [3.05, 3.63) is 73.9 Å². The summed E-state index contributed by atoms with van der Waals surface area (Å²) in [6.45, 7) is 2.22.